The fourth-order valence-electron chi connectivity index (χ4n) is 3.66. The Morgan fingerprint density at radius 3 is 2.47 bits per heavy atom. The molecule has 30 heavy (non-hydrogen) atoms. The van der Waals surface area contributed by atoms with Gasteiger partial charge in [-0.1, -0.05) is 42.3 Å². The summed E-state index contributed by atoms with van der Waals surface area (Å²) in [5.41, 5.74) is 1.25. The summed E-state index contributed by atoms with van der Waals surface area (Å²) in [5, 5.41) is 3.56. The van der Waals surface area contributed by atoms with Crippen LogP contribution in [-0.4, -0.2) is 57.3 Å². The summed E-state index contributed by atoms with van der Waals surface area (Å²) in [5.74, 6) is -0.315. The smallest absolute Gasteiger partial charge is 0.251 e. The number of benzene rings is 2. The lowest BCUT2D eigenvalue weighted by Gasteiger charge is -2.26. The quantitative estimate of drug-likeness (QED) is 0.701. The van der Waals surface area contributed by atoms with Crippen molar-refractivity contribution in [2.75, 3.05) is 33.7 Å². The first kappa shape index (κ1) is 22.7. The fraction of sp³-hybridized carbons (Fsp3) is 0.409. The number of hydrogen-bond donors (Lipinski definition) is 1. The van der Waals surface area contributed by atoms with Crippen molar-refractivity contribution in [3.05, 3.63) is 64.7 Å². The summed E-state index contributed by atoms with van der Waals surface area (Å²) >= 11 is 6.33. The summed E-state index contributed by atoms with van der Waals surface area (Å²) in [6.07, 6.45) is 2.79. The summed E-state index contributed by atoms with van der Waals surface area (Å²) in [6.45, 7) is 1.40. The molecule has 1 heterocycles. The highest BCUT2D eigenvalue weighted by molar-refractivity contribution is 7.89. The van der Waals surface area contributed by atoms with Crippen LogP contribution in [0.1, 0.15) is 41.2 Å². The third-order valence-corrected chi connectivity index (χ3v) is 7.63. The third kappa shape index (κ3) is 5.21. The minimum atomic E-state index is -3.58. The zero-order valence-corrected chi connectivity index (χ0v) is 18.9. The number of carbonyl (C=O) groups excluding carboxylic acids is 1. The van der Waals surface area contributed by atoms with Crippen molar-refractivity contribution in [1.82, 2.24) is 14.5 Å². The normalized spacial score (nSPS) is 16.4. The number of piperidine rings is 1. The minimum Gasteiger partial charge on any atom is -0.350 e. The second-order valence-electron chi connectivity index (χ2n) is 7.70. The van der Waals surface area contributed by atoms with Crippen LogP contribution in [0.25, 0.3) is 0 Å². The van der Waals surface area contributed by atoms with Gasteiger partial charge >= 0.3 is 0 Å². The molecule has 1 N–H and O–H groups in total. The van der Waals surface area contributed by atoms with E-state index in [0.717, 1.165) is 24.8 Å². The average molecular weight is 450 g/mol. The van der Waals surface area contributed by atoms with Gasteiger partial charge in [-0.2, -0.15) is 4.31 Å². The van der Waals surface area contributed by atoms with Crippen molar-refractivity contribution in [2.24, 2.45) is 0 Å². The van der Waals surface area contributed by atoms with Crippen LogP contribution < -0.4 is 5.32 Å². The first-order chi connectivity index (χ1) is 14.3. The topological polar surface area (TPSA) is 69.7 Å². The van der Waals surface area contributed by atoms with Gasteiger partial charge in [0, 0.05) is 30.2 Å². The summed E-state index contributed by atoms with van der Waals surface area (Å²) in [7, 11) is 0.261. The van der Waals surface area contributed by atoms with E-state index >= 15 is 0 Å². The van der Waals surface area contributed by atoms with E-state index in [-0.39, 0.29) is 16.8 Å². The monoisotopic (exact) mass is 449 g/mol. The third-order valence-electron chi connectivity index (χ3n) is 5.39. The maximum absolute atomic E-state index is 12.9. The minimum absolute atomic E-state index is 0.108. The first-order valence-corrected chi connectivity index (χ1v) is 11.9. The number of carbonyl (C=O) groups is 1. The van der Waals surface area contributed by atoms with Gasteiger partial charge in [0.05, 0.1) is 10.9 Å². The number of sulfonamides is 1. The van der Waals surface area contributed by atoms with Gasteiger partial charge in [-0.15, -0.1) is 0 Å². The van der Waals surface area contributed by atoms with Gasteiger partial charge < -0.3 is 10.2 Å². The van der Waals surface area contributed by atoms with Crippen LogP contribution in [0.3, 0.4) is 0 Å². The van der Waals surface area contributed by atoms with Crippen LogP contribution in [0, 0.1) is 0 Å². The van der Waals surface area contributed by atoms with Crippen LogP contribution in [0.4, 0.5) is 0 Å². The Morgan fingerprint density at radius 1 is 1.10 bits per heavy atom. The number of nitrogens with one attached hydrogen (secondary N) is 1. The van der Waals surface area contributed by atoms with Crippen LogP contribution in [0.2, 0.25) is 5.02 Å². The molecule has 1 aliphatic heterocycles. The predicted molar refractivity (Wildman–Crippen MR) is 119 cm³/mol. The van der Waals surface area contributed by atoms with Crippen LogP contribution in [0.5, 0.6) is 0 Å². The maximum atomic E-state index is 12.9. The van der Waals surface area contributed by atoms with E-state index in [9.17, 15) is 13.2 Å². The Morgan fingerprint density at radius 2 is 1.80 bits per heavy atom. The molecule has 1 amide bonds. The first-order valence-electron chi connectivity index (χ1n) is 10.1. The van der Waals surface area contributed by atoms with Crippen molar-refractivity contribution < 1.29 is 13.2 Å². The molecular formula is C22H28ClN3O3S. The Balaban J connectivity index is 1.74. The molecule has 1 unspecified atom stereocenters. The van der Waals surface area contributed by atoms with Crippen molar-refractivity contribution in [2.45, 2.75) is 30.2 Å². The number of nitrogens with zero attached hydrogens (tertiary/aromatic N) is 2. The lowest BCUT2D eigenvalue weighted by molar-refractivity contribution is 0.0941. The molecule has 0 bridgehead atoms. The Hall–Kier alpha value is -1.93. The molecule has 0 radical (unpaired) electrons. The van der Waals surface area contributed by atoms with E-state index in [2.05, 4.69) is 5.32 Å². The molecule has 0 spiro atoms. The van der Waals surface area contributed by atoms with Gasteiger partial charge in [-0.25, -0.2) is 8.42 Å². The predicted octanol–water partition coefficient (Wildman–Crippen LogP) is 3.55. The van der Waals surface area contributed by atoms with Gasteiger partial charge in [-0.3, -0.25) is 4.79 Å². The molecule has 162 valence electrons. The molecule has 0 aliphatic carbocycles. The largest absolute Gasteiger partial charge is 0.350 e. The molecule has 1 aliphatic rings. The molecule has 2 aromatic carbocycles. The van der Waals surface area contributed by atoms with Crippen molar-refractivity contribution in [1.29, 1.82) is 0 Å². The van der Waals surface area contributed by atoms with Crippen LogP contribution >= 0.6 is 11.6 Å². The lowest BCUT2D eigenvalue weighted by Crippen LogP contribution is -2.36. The van der Waals surface area contributed by atoms with Gasteiger partial charge in [-0.05, 0) is 56.8 Å². The molecule has 0 saturated carbocycles. The summed E-state index contributed by atoms with van der Waals surface area (Å²) in [6, 6.07) is 13.7. The van der Waals surface area contributed by atoms with Gasteiger partial charge in [0.25, 0.3) is 5.91 Å². The van der Waals surface area contributed by atoms with E-state index in [1.54, 1.807) is 18.2 Å². The second kappa shape index (κ2) is 9.92. The number of rotatable bonds is 7. The highest BCUT2D eigenvalue weighted by atomic mass is 35.5. The van der Waals surface area contributed by atoms with Gasteiger partial charge in [0.2, 0.25) is 10.0 Å². The highest BCUT2D eigenvalue weighted by Crippen LogP contribution is 2.26. The number of hydrogen-bond acceptors (Lipinski definition) is 4. The van der Waals surface area contributed by atoms with Crippen molar-refractivity contribution in [3.63, 3.8) is 0 Å². The molecule has 1 fully saturated rings. The zero-order chi connectivity index (χ0) is 21.7. The summed E-state index contributed by atoms with van der Waals surface area (Å²) < 4.78 is 27.3. The number of amides is 1. The molecule has 1 saturated heterocycles. The molecule has 3 rings (SSSR count). The SMILES string of the molecule is CN(C)C(CNC(=O)c1cccc(S(=O)(=O)N2CCCCC2)c1)c1ccccc1Cl. The van der Waals surface area contributed by atoms with Crippen LogP contribution in [0.15, 0.2) is 53.4 Å². The van der Waals surface area contributed by atoms with E-state index in [0.29, 0.717) is 30.2 Å². The van der Waals surface area contributed by atoms with E-state index < -0.39 is 10.0 Å². The fourth-order valence-corrected chi connectivity index (χ4v) is 5.48. The second-order valence-corrected chi connectivity index (χ2v) is 10.0. The average Bonchev–Trinajstić information content (AvgIpc) is 2.75. The van der Waals surface area contributed by atoms with E-state index in [4.69, 9.17) is 11.6 Å². The number of likely N-dealkylation sites (N-methyl/N-ethyl adjacent to an activating group) is 1. The molecular weight excluding hydrogens is 422 g/mol. The van der Waals surface area contributed by atoms with Gasteiger partial charge in [0.15, 0.2) is 0 Å². The highest BCUT2D eigenvalue weighted by Gasteiger charge is 2.26. The maximum Gasteiger partial charge on any atom is 0.251 e. The zero-order valence-electron chi connectivity index (χ0n) is 17.3. The Kier molecular flexibility index (Phi) is 7.52. The van der Waals surface area contributed by atoms with Gasteiger partial charge in [0.1, 0.15) is 0 Å². The molecule has 1 atom stereocenters. The van der Waals surface area contributed by atoms with E-state index in [1.807, 2.05) is 43.3 Å². The molecule has 0 aromatic heterocycles. The Labute approximate surface area is 183 Å². The Bertz CT molecular complexity index is 989. The van der Waals surface area contributed by atoms with Crippen molar-refractivity contribution in [3.8, 4) is 0 Å². The van der Waals surface area contributed by atoms with Crippen molar-refractivity contribution >= 4 is 27.5 Å². The lowest BCUT2D eigenvalue weighted by atomic mass is 10.1. The standard InChI is InChI=1S/C22H28ClN3O3S/c1-25(2)21(19-11-4-5-12-20(19)23)16-24-22(27)17-9-8-10-18(15-17)30(28,29)26-13-6-3-7-14-26/h4-5,8-12,15,21H,3,6-7,13-14,16H2,1-2H3,(H,24,27). The summed E-state index contributed by atoms with van der Waals surface area (Å²) in [4.78, 5) is 14.9. The van der Waals surface area contributed by atoms with Crippen LogP contribution in [-0.2, 0) is 10.0 Å². The number of halogens is 1. The molecule has 8 heteroatoms. The van der Waals surface area contributed by atoms with E-state index in [1.165, 1.54) is 10.4 Å². The molecule has 6 nitrogen and oxygen atoms in total. The molecule has 2 aromatic rings.